The molecule has 2 rings (SSSR count). The van der Waals surface area contributed by atoms with Crippen molar-refractivity contribution in [2.24, 2.45) is 0 Å². The number of carboxylic acids is 2. The number of carbonyl (C=O) groups is 3. The quantitative estimate of drug-likeness (QED) is 0.468. The van der Waals surface area contributed by atoms with Crippen LogP contribution in [0.5, 0.6) is 11.5 Å². The third-order valence-electron chi connectivity index (χ3n) is 3.53. The number of phenolic OH excluding ortho intramolecular Hbond substituents is 1. The Morgan fingerprint density at radius 1 is 1.42 bits per heavy atom. The van der Waals surface area contributed by atoms with Crippen LogP contribution in [0.4, 0.5) is 0 Å². The summed E-state index contributed by atoms with van der Waals surface area (Å²) >= 11 is 5.95. The minimum Gasteiger partial charge on any atom is -0.550 e. The fraction of sp³-hybridized carbons (Fsp3) is 0.250. The minimum absolute atomic E-state index is 0.0143. The van der Waals surface area contributed by atoms with Gasteiger partial charge in [-0.3, -0.25) is 9.69 Å². The Bertz CT molecular complexity index is 806. The Labute approximate surface area is 158 Å². The van der Waals surface area contributed by atoms with Gasteiger partial charge in [-0.1, -0.05) is 30.0 Å². The molecule has 0 aliphatic carbocycles. The lowest BCUT2D eigenvalue weighted by molar-refractivity contribution is -0.311. The fourth-order valence-corrected chi connectivity index (χ4v) is 3.65. The van der Waals surface area contributed by atoms with E-state index in [1.807, 2.05) is 0 Å². The average molecular weight is 395 g/mol. The van der Waals surface area contributed by atoms with E-state index in [1.165, 1.54) is 31.4 Å². The smallest absolute Gasteiger partial charge is 0.266 e. The van der Waals surface area contributed by atoms with Crippen LogP contribution in [0, 0.1) is 0 Å². The minimum atomic E-state index is -1.60. The van der Waals surface area contributed by atoms with Gasteiger partial charge in [0.05, 0.1) is 24.0 Å². The molecule has 0 radical (unpaired) electrons. The Morgan fingerprint density at radius 3 is 2.69 bits per heavy atom. The van der Waals surface area contributed by atoms with E-state index in [-0.39, 0.29) is 27.1 Å². The molecule has 1 heterocycles. The zero-order valence-corrected chi connectivity index (χ0v) is 15.1. The Morgan fingerprint density at radius 2 is 2.12 bits per heavy atom. The number of ether oxygens (including phenoxy) is 1. The van der Waals surface area contributed by atoms with E-state index in [4.69, 9.17) is 17.0 Å². The number of thiocarbonyl (C=S) groups is 1. The molecule has 1 aromatic carbocycles. The normalized spacial score (nSPS) is 16.8. The molecule has 1 N–H and O–H groups in total. The third kappa shape index (κ3) is 4.33. The van der Waals surface area contributed by atoms with E-state index >= 15 is 0 Å². The summed E-state index contributed by atoms with van der Waals surface area (Å²) in [6, 6.07) is 2.92. The summed E-state index contributed by atoms with van der Waals surface area (Å²) in [5.41, 5.74) is 0.528. The van der Waals surface area contributed by atoms with Gasteiger partial charge in [-0.05, 0) is 36.6 Å². The van der Waals surface area contributed by atoms with Crippen molar-refractivity contribution in [3.05, 3.63) is 28.7 Å². The average Bonchev–Trinajstić information content (AvgIpc) is 2.84. The lowest BCUT2D eigenvalue weighted by atomic mass is 10.1. The van der Waals surface area contributed by atoms with Gasteiger partial charge in [0, 0.05) is 5.97 Å². The second kappa shape index (κ2) is 8.19. The lowest BCUT2D eigenvalue weighted by Gasteiger charge is -2.27. The summed E-state index contributed by atoms with van der Waals surface area (Å²) in [7, 11) is 1.38. The van der Waals surface area contributed by atoms with Crippen molar-refractivity contribution in [3.63, 3.8) is 0 Å². The molecule has 0 aromatic heterocycles. The molecule has 1 aromatic rings. The zero-order valence-electron chi connectivity index (χ0n) is 13.5. The van der Waals surface area contributed by atoms with Crippen molar-refractivity contribution in [2.75, 3.05) is 7.11 Å². The van der Waals surface area contributed by atoms with Gasteiger partial charge >= 0.3 is 0 Å². The topological polar surface area (TPSA) is 130 Å². The van der Waals surface area contributed by atoms with Crippen molar-refractivity contribution >= 4 is 52.2 Å². The second-order valence-corrected chi connectivity index (χ2v) is 6.90. The van der Waals surface area contributed by atoms with Gasteiger partial charge in [0.25, 0.3) is 5.91 Å². The highest BCUT2D eigenvalue weighted by Crippen LogP contribution is 2.36. The molecular weight excluding hydrogens is 382 g/mol. The molecule has 138 valence electrons. The van der Waals surface area contributed by atoms with E-state index in [9.17, 15) is 29.7 Å². The molecule has 26 heavy (non-hydrogen) atoms. The van der Waals surface area contributed by atoms with E-state index in [0.29, 0.717) is 5.56 Å². The van der Waals surface area contributed by atoms with Gasteiger partial charge in [-0.15, -0.1) is 0 Å². The summed E-state index contributed by atoms with van der Waals surface area (Å²) in [4.78, 5) is 35.5. The molecule has 1 saturated heterocycles. The maximum absolute atomic E-state index is 12.5. The number of aliphatic carboxylic acids is 2. The first-order valence-electron chi connectivity index (χ1n) is 7.29. The number of hydrogen-bond acceptors (Lipinski definition) is 9. The number of amides is 1. The molecular formula is C16H13NO7S2-2. The molecule has 1 fully saturated rings. The second-order valence-electron chi connectivity index (χ2n) is 5.23. The first kappa shape index (κ1) is 19.7. The van der Waals surface area contributed by atoms with Crippen LogP contribution in [0.1, 0.15) is 18.4 Å². The lowest BCUT2D eigenvalue weighted by Crippen LogP contribution is -2.50. The van der Waals surface area contributed by atoms with Crippen molar-refractivity contribution < 1.29 is 34.4 Å². The summed E-state index contributed by atoms with van der Waals surface area (Å²) in [5.74, 6) is -3.57. The number of benzene rings is 1. The maximum atomic E-state index is 12.5. The largest absolute Gasteiger partial charge is 0.550 e. The molecule has 1 atom stereocenters. The Hall–Kier alpha value is -2.59. The molecule has 0 saturated carbocycles. The Balaban J connectivity index is 2.29. The van der Waals surface area contributed by atoms with Crippen LogP contribution in [0.25, 0.3) is 6.08 Å². The van der Waals surface area contributed by atoms with Crippen LogP contribution < -0.4 is 14.9 Å². The Kier molecular flexibility index (Phi) is 6.22. The predicted octanol–water partition coefficient (Wildman–Crippen LogP) is -0.749. The highest BCUT2D eigenvalue weighted by molar-refractivity contribution is 8.26. The SMILES string of the molecule is COc1cc(/C=C2\SC(=S)N([C@H](CCC(=O)[O-])C(=O)[O-])C2=O)ccc1O. The van der Waals surface area contributed by atoms with Crippen LogP contribution in [-0.2, 0) is 14.4 Å². The monoisotopic (exact) mass is 395 g/mol. The molecule has 8 nitrogen and oxygen atoms in total. The first-order chi connectivity index (χ1) is 12.2. The number of nitrogens with zero attached hydrogens (tertiary/aromatic N) is 1. The fourth-order valence-electron chi connectivity index (χ4n) is 2.29. The molecule has 1 aliphatic heterocycles. The number of carboxylic acid groups (broad SMARTS) is 2. The summed E-state index contributed by atoms with van der Waals surface area (Å²) < 4.78 is 4.97. The highest BCUT2D eigenvalue weighted by atomic mass is 32.2. The molecule has 0 unspecified atom stereocenters. The third-order valence-corrected chi connectivity index (χ3v) is 4.86. The van der Waals surface area contributed by atoms with Crippen LogP contribution >= 0.6 is 24.0 Å². The van der Waals surface area contributed by atoms with Crippen molar-refractivity contribution in [1.29, 1.82) is 0 Å². The number of rotatable bonds is 7. The highest BCUT2D eigenvalue weighted by Gasteiger charge is 2.37. The summed E-state index contributed by atoms with van der Waals surface area (Å²) in [6.45, 7) is 0. The van der Waals surface area contributed by atoms with Gasteiger partial charge in [0.2, 0.25) is 0 Å². The predicted molar refractivity (Wildman–Crippen MR) is 92.7 cm³/mol. The zero-order chi connectivity index (χ0) is 19.4. The van der Waals surface area contributed by atoms with Gasteiger partial charge in [-0.2, -0.15) is 0 Å². The number of methoxy groups -OCH3 is 1. The molecule has 10 heteroatoms. The molecule has 1 aliphatic rings. The van der Waals surface area contributed by atoms with E-state index in [0.717, 1.165) is 16.7 Å². The van der Waals surface area contributed by atoms with Gasteiger partial charge < -0.3 is 29.6 Å². The standard InChI is InChI=1S/C16H15NO7S2/c1-24-11-6-8(2-4-10(11)18)7-12-14(21)17(16(25)26-12)9(15(22)23)3-5-13(19)20/h2,4,6-7,9,18H,3,5H2,1H3,(H,19,20)(H,22,23)/p-2/b12-7-/t9-/m1/s1. The van der Waals surface area contributed by atoms with Gasteiger partial charge in [-0.25, -0.2) is 0 Å². The maximum Gasteiger partial charge on any atom is 0.266 e. The number of thioether (sulfide) groups is 1. The number of aromatic hydroxyl groups is 1. The van der Waals surface area contributed by atoms with E-state index in [1.54, 1.807) is 0 Å². The molecule has 1 amide bonds. The number of hydrogen-bond donors (Lipinski definition) is 1. The molecule has 0 spiro atoms. The summed E-state index contributed by atoms with van der Waals surface area (Å²) in [6.07, 6.45) is 0.535. The van der Waals surface area contributed by atoms with Crippen LogP contribution in [0.2, 0.25) is 0 Å². The van der Waals surface area contributed by atoms with E-state index < -0.39 is 30.3 Å². The van der Waals surface area contributed by atoms with Gasteiger partial charge in [0.15, 0.2) is 11.5 Å². The number of carbonyl (C=O) groups excluding carboxylic acids is 3. The first-order valence-corrected chi connectivity index (χ1v) is 8.51. The van der Waals surface area contributed by atoms with Crippen LogP contribution in [0.3, 0.4) is 0 Å². The van der Waals surface area contributed by atoms with Crippen LogP contribution in [0.15, 0.2) is 23.1 Å². The summed E-state index contributed by atoms with van der Waals surface area (Å²) in [5, 5.41) is 31.5. The number of phenols is 1. The molecule has 0 bridgehead atoms. The van der Waals surface area contributed by atoms with Crippen molar-refractivity contribution in [1.82, 2.24) is 4.90 Å². The van der Waals surface area contributed by atoms with Crippen molar-refractivity contribution in [2.45, 2.75) is 18.9 Å². The van der Waals surface area contributed by atoms with E-state index in [2.05, 4.69) is 0 Å². The van der Waals surface area contributed by atoms with Crippen molar-refractivity contribution in [3.8, 4) is 11.5 Å². The van der Waals surface area contributed by atoms with Gasteiger partial charge in [0.1, 0.15) is 4.32 Å². The van der Waals surface area contributed by atoms with Crippen LogP contribution in [-0.4, -0.2) is 45.3 Å².